The normalized spacial score (nSPS) is 11.0. The van der Waals surface area contributed by atoms with E-state index in [0.717, 1.165) is 34.6 Å². The van der Waals surface area contributed by atoms with E-state index < -0.39 is 0 Å². The Morgan fingerprint density at radius 3 is 2.62 bits per heavy atom. The number of aromatic nitrogens is 3. The summed E-state index contributed by atoms with van der Waals surface area (Å²) in [6, 6.07) is 9.58. The minimum absolute atomic E-state index is 0.710. The van der Waals surface area contributed by atoms with Gasteiger partial charge in [-0.05, 0) is 31.0 Å². The van der Waals surface area contributed by atoms with Crippen LogP contribution in [0.4, 0.5) is 5.82 Å². The number of nitrogens with two attached hydrogens (primary N) is 1. The number of benzene rings is 1. The zero-order chi connectivity index (χ0) is 15.0. The molecule has 3 rings (SSSR count). The molecule has 0 saturated heterocycles. The largest absolute Gasteiger partial charge is 0.308 e. The van der Waals surface area contributed by atoms with Gasteiger partial charge >= 0.3 is 0 Å². The minimum atomic E-state index is 0.710. The zero-order valence-electron chi connectivity index (χ0n) is 11.9. The summed E-state index contributed by atoms with van der Waals surface area (Å²) >= 11 is 5.97. The third-order valence-electron chi connectivity index (χ3n) is 3.41. The summed E-state index contributed by atoms with van der Waals surface area (Å²) in [6.45, 7) is 4.01. The molecule has 0 amide bonds. The van der Waals surface area contributed by atoms with Gasteiger partial charge in [0.25, 0.3) is 0 Å². The van der Waals surface area contributed by atoms with E-state index in [1.807, 2.05) is 37.3 Å². The van der Waals surface area contributed by atoms with Crippen molar-refractivity contribution in [3.8, 4) is 11.1 Å². The van der Waals surface area contributed by atoms with Crippen molar-refractivity contribution in [2.75, 3.05) is 5.43 Å². The van der Waals surface area contributed by atoms with Crippen molar-refractivity contribution in [2.24, 2.45) is 5.84 Å². The maximum atomic E-state index is 5.97. The molecule has 0 aliphatic carbocycles. The summed E-state index contributed by atoms with van der Waals surface area (Å²) in [7, 11) is 0. The molecule has 2 aromatic heterocycles. The summed E-state index contributed by atoms with van der Waals surface area (Å²) in [6.07, 6.45) is 0.810. The summed E-state index contributed by atoms with van der Waals surface area (Å²) in [5.74, 6) is 6.30. The molecule has 0 radical (unpaired) electrons. The Morgan fingerprint density at radius 2 is 2.00 bits per heavy atom. The SMILES string of the molecule is CCc1nn2c(NN)cc(C)nc2c1-c1ccc(Cl)cc1. The third-order valence-corrected chi connectivity index (χ3v) is 3.66. The van der Waals surface area contributed by atoms with E-state index in [1.165, 1.54) is 0 Å². The van der Waals surface area contributed by atoms with Gasteiger partial charge in [0, 0.05) is 22.3 Å². The molecule has 0 spiro atoms. The Balaban J connectivity index is 2.34. The molecular weight excluding hydrogens is 286 g/mol. The van der Waals surface area contributed by atoms with Gasteiger partial charge < -0.3 is 5.43 Å². The monoisotopic (exact) mass is 301 g/mol. The van der Waals surface area contributed by atoms with Gasteiger partial charge in [-0.2, -0.15) is 9.61 Å². The van der Waals surface area contributed by atoms with Crippen LogP contribution in [0.1, 0.15) is 18.3 Å². The van der Waals surface area contributed by atoms with Gasteiger partial charge in [0.2, 0.25) is 0 Å². The molecule has 0 saturated carbocycles. The number of nitrogens with zero attached hydrogens (tertiary/aromatic N) is 3. The fraction of sp³-hybridized carbons (Fsp3) is 0.200. The molecular formula is C15H16ClN5. The van der Waals surface area contributed by atoms with Crippen LogP contribution in [0.3, 0.4) is 0 Å². The van der Waals surface area contributed by atoms with Crippen molar-refractivity contribution in [2.45, 2.75) is 20.3 Å². The van der Waals surface area contributed by atoms with Gasteiger partial charge in [-0.1, -0.05) is 30.7 Å². The quantitative estimate of drug-likeness (QED) is 0.576. The van der Waals surface area contributed by atoms with Crippen LogP contribution >= 0.6 is 11.6 Å². The summed E-state index contributed by atoms with van der Waals surface area (Å²) < 4.78 is 1.75. The van der Waals surface area contributed by atoms with Gasteiger partial charge in [-0.3, -0.25) is 0 Å². The molecule has 2 heterocycles. The third kappa shape index (κ3) is 2.34. The molecule has 0 fully saturated rings. The highest BCUT2D eigenvalue weighted by molar-refractivity contribution is 6.30. The molecule has 3 aromatic rings. The Kier molecular flexibility index (Phi) is 3.53. The lowest BCUT2D eigenvalue weighted by molar-refractivity contribution is 0.882. The number of hydrogen-bond acceptors (Lipinski definition) is 4. The van der Waals surface area contributed by atoms with Crippen LogP contribution in [0.5, 0.6) is 0 Å². The Hall–Kier alpha value is -2.11. The molecule has 0 bridgehead atoms. The van der Waals surface area contributed by atoms with E-state index in [4.69, 9.17) is 17.4 Å². The average Bonchev–Trinajstić information content (AvgIpc) is 2.85. The highest BCUT2D eigenvalue weighted by Crippen LogP contribution is 2.30. The first-order valence-electron chi connectivity index (χ1n) is 6.76. The van der Waals surface area contributed by atoms with E-state index in [2.05, 4.69) is 22.4 Å². The molecule has 0 unspecified atom stereocenters. The van der Waals surface area contributed by atoms with E-state index in [-0.39, 0.29) is 0 Å². The van der Waals surface area contributed by atoms with E-state index in [0.29, 0.717) is 10.8 Å². The molecule has 0 aliphatic rings. The van der Waals surface area contributed by atoms with Crippen LogP contribution < -0.4 is 11.3 Å². The average molecular weight is 302 g/mol. The molecule has 1 aromatic carbocycles. The summed E-state index contributed by atoms with van der Waals surface area (Å²) in [5.41, 5.74) is 7.40. The first-order valence-corrected chi connectivity index (χ1v) is 7.13. The number of anilines is 1. The van der Waals surface area contributed by atoms with Crippen molar-refractivity contribution < 1.29 is 0 Å². The molecule has 6 heteroatoms. The number of nitrogens with one attached hydrogen (secondary N) is 1. The predicted molar refractivity (Wildman–Crippen MR) is 85.4 cm³/mol. The zero-order valence-corrected chi connectivity index (χ0v) is 12.6. The molecule has 3 N–H and O–H groups in total. The first kappa shape index (κ1) is 13.9. The number of fused-ring (bicyclic) bond motifs is 1. The van der Waals surface area contributed by atoms with Gasteiger partial charge in [0.15, 0.2) is 5.65 Å². The number of hydrogen-bond donors (Lipinski definition) is 2. The highest BCUT2D eigenvalue weighted by atomic mass is 35.5. The smallest absolute Gasteiger partial charge is 0.165 e. The lowest BCUT2D eigenvalue weighted by Crippen LogP contribution is -2.12. The van der Waals surface area contributed by atoms with Crippen molar-refractivity contribution in [1.82, 2.24) is 14.6 Å². The number of rotatable bonds is 3. The Labute approximate surface area is 127 Å². The van der Waals surface area contributed by atoms with Crippen LogP contribution in [0, 0.1) is 6.92 Å². The van der Waals surface area contributed by atoms with Crippen molar-refractivity contribution >= 4 is 23.1 Å². The second kappa shape index (κ2) is 5.35. The number of halogens is 1. The van der Waals surface area contributed by atoms with E-state index >= 15 is 0 Å². The molecule has 21 heavy (non-hydrogen) atoms. The van der Waals surface area contributed by atoms with Gasteiger partial charge in [0.05, 0.1) is 5.69 Å². The van der Waals surface area contributed by atoms with Crippen LogP contribution in [-0.4, -0.2) is 14.6 Å². The van der Waals surface area contributed by atoms with Gasteiger partial charge in [-0.15, -0.1) is 0 Å². The van der Waals surface area contributed by atoms with Crippen molar-refractivity contribution in [3.05, 3.63) is 46.7 Å². The molecule has 0 atom stereocenters. The maximum Gasteiger partial charge on any atom is 0.165 e. The van der Waals surface area contributed by atoms with Gasteiger partial charge in [0.1, 0.15) is 5.82 Å². The first-order chi connectivity index (χ1) is 10.1. The number of hydrazine groups is 1. The van der Waals surface area contributed by atoms with E-state index in [9.17, 15) is 0 Å². The molecule has 5 nitrogen and oxygen atoms in total. The van der Waals surface area contributed by atoms with Gasteiger partial charge in [-0.25, -0.2) is 10.8 Å². The standard InChI is InChI=1S/C15H16ClN5/c1-3-12-14(10-4-6-11(16)7-5-10)15-18-9(2)8-13(19-17)21(15)20-12/h4-8,19H,3,17H2,1-2H3. The van der Waals surface area contributed by atoms with Crippen molar-refractivity contribution in [1.29, 1.82) is 0 Å². The summed E-state index contributed by atoms with van der Waals surface area (Å²) in [4.78, 5) is 4.62. The lowest BCUT2D eigenvalue weighted by atomic mass is 10.0. The number of aryl methyl sites for hydroxylation is 2. The second-order valence-electron chi connectivity index (χ2n) is 4.84. The van der Waals surface area contributed by atoms with Crippen LogP contribution in [0.2, 0.25) is 5.02 Å². The van der Waals surface area contributed by atoms with Crippen LogP contribution in [-0.2, 0) is 6.42 Å². The van der Waals surface area contributed by atoms with Crippen LogP contribution in [0.15, 0.2) is 30.3 Å². The topological polar surface area (TPSA) is 68.2 Å². The highest BCUT2D eigenvalue weighted by Gasteiger charge is 2.17. The molecule has 108 valence electrons. The Bertz CT molecular complexity index is 792. The maximum absolute atomic E-state index is 5.97. The minimum Gasteiger partial charge on any atom is -0.308 e. The Morgan fingerprint density at radius 1 is 1.29 bits per heavy atom. The predicted octanol–water partition coefficient (Wildman–Crippen LogP) is 3.21. The van der Waals surface area contributed by atoms with E-state index in [1.54, 1.807) is 4.52 Å². The van der Waals surface area contributed by atoms with Crippen molar-refractivity contribution in [3.63, 3.8) is 0 Å². The van der Waals surface area contributed by atoms with Crippen LogP contribution in [0.25, 0.3) is 16.8 Å². The lowest BCUT2D eigenvalue weighted by Gasteiger charge is -2.06. The summed E-state index contributed by atoms with van der Waals surface area (Å²) in [5, 5.41) is 5.33. The fourth-order valence-corrected chi connectivity index (χ4v) is 2.57. The fourth-order valence-electron chi connectivity index (χ4n) is 2.45. The molecule has 0 aliphatic heterocycles. The second-order valence-corrected chi connectivity index (χ2v) is 5.28. The number of nitrogen functional groups attached to an aromatic ring is 1.